The van der Waals surface area contributed by atoms with Gasteiger partial charge in [-0.05, 0) is 11.6 Å². The number of benzene rings is 1. The van der Waals surface area contributed by atoms with E-state index in [-0.39, 0.29) is 12.5 Å². The number of nitrogens with zero attached hydrogens (tertiary/aromatic N) is 3. The number of rotatable bonds is 4. The molecule has 0 fully saturated rings. The Bertz CT molecular complexity index is 498. The van der Waals surface area contributed by atoms with Crippen molar-refractivity contribution in [1.82, 2.24) is 20.1 Å². The highest BCUT2D eigenvalue weighted by atomic mass is 35.5. The third kappa shape index (κ3) is 3.29. The Morgan fingerprint density at radius 1 is 1.41 bits per heavy atom. The number of halogens is 1. The van der Waals surface area contributed by atoms with Crippen molar-refractivity contribution in [3.8, 4) is 0 Å². The topological polar surface area (TPSA) is 59.8 Å². The summed E-state index contributed by atoms with van der Waals surface area (Å²) in [4.78, 5) is 15.3. The molecule has 2 rings (SSSR count). The van der Waals surface area contributed by atoms with E-state index in [1.165, 1.54) is 17.3 Å². The van der Waals surface area contributed by atoms with Crippen LogP contribution in [0.1, 0.15) is 5.56 Å². The Hall–Kier alpha value is -1.88. The van der Waals surface area contributed by atoms with Gasteiger partial charge in [-0.15, -0.1) is 0 Å². The second-order valence-electron chi connectivity index (χ2n) is 3.46. The van der Waals surface area contributed by atoms with E-state index >= 15 is 0 Å². The van der Waals surface area contributed by atoms with Crippen molar-refractivity contribution >= 4 is 17.5 Å². The number of nitrogens with one attached hydrogen (secondary N) is 1. The van der Waals surface area contributed by atoms with Gasteiger partial charge in [-0.2, -0.15) is 5.10 Å². The molecule has 1 amide bonds. The van der Waals surface area contributed by atoms with Crippen LogP contribution in [0.3, 0.4) is 0 Å². The van der Waals surface area contributed by atoms with Crippen molar-refractivity contribution < 1.29 is 4.79 Å². The molecule has 0 unspecified atom stereocenters. The third-order valence-corrected chi connectivity index (χ3v) is 2.57. The summed E-state index contributed by atoms with van der Waals surface area (Å²) in [6, 6.07) is 7.40. The lowest BCUT2D eigenvalue weighted by Gasteiger charge is -2.06. The Kier molecular flexibility index (Phi) is 3.72. The molecule has 1 aromatic heterocycles. The largest absolute Gasteiger partial charge is 0.350 e. The fraction of sp³-hybridized carbons (Fsp3) is 0.182. The molecule has 0 radical (unpaired) electrons. The summed E-state index contributed by atoms with van der Waals surface area (Å²) in [5.41, 5.74) is 0.890. The predicted molar refractivity (Wildman–Crippen MR) is 63.3 cm³/mol. The van der Waals surface area contributed by atoms with Crippen molar-refractivity contribution in [2.45, 2.75) is 13.1 Å². The molecule has 0 atom stereocenters. The second kappa shape index (κ2) is 5.45. The van der Waals surface area contributed by atoms with Gasteiger partial charge in [0, 0.05) is 11.6 Å². The summed E-state index contributed by atoms with van der Waals surface area (Å²) in [5.74, 6) is -0.129. The van der Waals surface area contributed by atoms with Gasteiger partial charge in [0.2, 0.25) is 5.91 Å². The Morgan fingerprint density at radius 3 is 2.94 bits per heavy atom. The van der Waals surface area contributed by atoms with Crippen molar-refractivity contribution in [1.29, 1.82) is 0 Å². The van der Waals surface area contributed by atoms with Crippen molar-refractivity contribution in [2.24, 2.45) is 0 Å². The zero-order chi connectivity index (χ0) is 12.1. The molecule has 0 spiro atoms. The number of hydrogen-bond acceptors (Lipinski definition) is 3. The van der Waals surface area contributed by atoms with E-state index in [1.54, 1.807) is 6.07 Å². The smallest absolute Gasteiger partial charge is 0.242 e. The van der Waals surface area contributed by atoms with Crippen LogP contribution in [0.25, 0.3) is 0 Å². The minimum atomic E-state index is -0.129. The molecule has 0 aliphatic heterocycles. The Balaban J connectivity index is 1.86. The first-order valence-corrected chi connectivity index (χ1v) is 5.46. The minimum absolute atomic E-state index is 0.129. The van der Waals surface area contributed by atoms with Crippen LogP contribution in [0.2, 0.25) is 5.02 Å². The van der Waals surface area contributed by atoms with Gasteiger partial charge in [0.05, 0.1) is 0 Å². The lowest BCUT2D eigenvalue weighted by atomic mass is 10.2. The fourth-order valence-corrected chi connectivity index (χ4v) is 1.56. The normalized spacial score (nSPS) is 10.2. The third-order valence-electron chi connectivity index (χ3n) is 2.21. The second-order valence-corrected chi connectivity index (χ2v) is 3.87. The summed E-state index contributed by atoms with van der Waals surface area (Å²) >= 11 is 5.97. The molecule has 0 aliphatic rings. The van der Waals surface area contributed by atoms with E-state index in [9.17, 15) is 4.79 Å². The van der Waals surface area contributed by atoms with Crippen molar-refractivity contribution in [3.05, 3.63) is 47.5 Å². The molecule has 17 heavy (non-hydrogen) atoms. The molecule has 0 saturated carbocycles. The van der Waals surface area contributed by atoms with Gasteiger partial charge in [0.1, 0.15) is 19.2 Å². The average molecular weight is 251 g/mol. The van der Waals surface area contributed by atoms with E-state index in [2.05, 4.69) is 15.4 Å². The number of hydrogen-bond donors (Lipinski definition) is 1. The lowest BCUT2D eigenvalue weighted by molar-refractivity contribution is -0.122. The number of aromatic nitrogens is 3. The number of amides is 1. The highest BCUT2D eigenvalue weighted by Crippen LogP contribution is 2.14. The highest BCUT2D eigenvalue weighted by Gasteiger charge is 2.04. The van der Waals surface area contributed by atoms with Crippen LogP contribution in [0.5, 0.6) is 0 Å². The quantitative estimate of drug-likeness (QED) is 0.888. The molecular weight excluding hydrogens is 240 g/mol. The van der Waals surface area contributed by atoms with Gasteiger partial charge in [0.25, 0.3) is 0 Å². The average Bonchev–Trinajstić information content (AvgIpc) is 2.81. The minimum Gasteiger partial charge on any atom is -0.350 e. The highest BCUT2D eigenvalue weighted by molar-refractivity contribution is 6.31. The maximum Gasteiger partial charge on any atom is 0.242 e. The standard InChI is InChI=1S/C11H11ClN4O/c12-10-4-2-1-3-9(10)5-14-11(17)6-16-8-13-7-15-16/h1-4,7-8H,5-6H2,(H,14,17). The molecule has 5 nitrogen and oxygen atoms in total. The maximum absolute atomic E-state index is 11.6. The van der Waals surface area contributed by atoms with E-state index in [4.69, 9.17) is 11.6 Å². The molecule has 1 N–H and O–H groups in total. The molecule has 0 bridgehead atoms. The number of carbonyl (C=O) groups excluding carboxylic acids is 1. The first-order chi connectivity index (χ1) is 8.25. The van der Waals surface area contributed by atoms with Crippen LogP contribution in [0, 0.1) is 0 Å². The first-order valence-electron chi connectivity index (χ1n) is 5.08. The molecule has 6 heteroatoms. The molecule has 0 saturated heterocycles. The zero-order valence-electron chi connectivity index (χ0n) is 9.01. The monoisotopic (exact) mass is 250 g/mol. The molecule has 1 aromatic carbocycles. The van der Waals surface area contributed by atoms with E-state index in [0.29, 0.717) is 11.6 Å². The van der Waals surface area contributed by atoms with E-state index in [0.717, 1.165) is 5.56 Å². The summed E-state index contributed by atoms with van der Waals surface area (Å²) < 4.78 is 1.46. The van der Waals surface area contributed by atoms with Gasteiger partial charge >= 0.3 is 0 Å². The van der Waals surface area contributed by atoms with Gasteiger partial charge in [-0.3, -0.25) is 4.79 Å². The van der Waals surface area contributed by atoms with Crippen LogP contribution in [-0.4, -0.2) is 20.7 Å². The summed E-state index contributed by atoms with van der Waals surface area (Å²) in [6.07, 6.45) is 2.89. The summed E-state index contributed by atoms with van der Waals surface area (Å²) in [6.45, 7) is 0.567. The summed E-state index contributed by atoms with van der Waals surface area (Å²) in [5, 5.41) is 7.26. The van der Waals surface area contributed by atoms with Gasteiger partial charge < -0.3 is 5.32 Å². The molecule has 2 aromatic rings. The molecule has 88 valence electrons. The fourth-order valence-electron chi connectivity index (χ4n) is 1.35. The predicted octanol–water partition coefficient (Wildman–Crippen LogP) is 1.25. The van der Waals surface area contributed by atoms with Crippen molar-refractivity contribution in [3.63, 3.8) is 0 Å². The summed E-state index contributed by atoms with van der Waals surface area (Å²) in [7, 11) is 0. The van der Waals surface area contributed by atoms with Gasteiger partial charge in [-0.25, -0.2) is 9.67 Å². The zero-order valence-corrected chi connectivity index (χ0v) is 9.76. The van der Waals surface area contributed by atoms with Crippen LogP contribution >= 0.6 is 11.6 Å². The van der Waals surface area contributed by atoms with E-state index < -0.39 is 0 Å². The SMILES string of the molecule is O=C(Cn1cncn1)NCc1ccccc1Cl. The lowest BCUT2D eigenvalue weighted by Crippen LogP contribution is -2.27. The van der Waals surface area contributed by atoms with Crippen LogP contribution in [-0.2, 0) is 17.9 Å². The van der Waals surface area contributed by atoms with Crippen LogP contribution in [0.15, 0.2) is 36.9 Å². The molecular formula is C11H11ClN4O. The Labute approximate surface area is 103 Å². The maximum atomic E-state index is 11.6. The van der Waals surface area contributed by atoms with E-state index in [1.807, 2.05) is 18.2 Å². The Morgan fingerprint density at radius 2 is 2.24 bits per heavy atom. The van der Waals surface area contributed by atoms with Gasteiger partial charge in [0.15, 0.2) is 0 Å². The number of carbonyl (C=O) groups is 1. The molecule has 1 heterocycles. The van der Waals surface area contributed by atoms with Crippen molar-refractivity contribution in [2.75, 3.05) is 0 Å². The van der Waals surface area contributed by atoms with Crippen LogP contribution in [0.4, 0.5) is 0 Å². The first kappa shape index (κ1) is 11.6. The van der Waals surface area contributed by atoms with Crippen LogP contribution < -0.4 is 5.32 Å². The van der Waals surface area contributed by atoms with Gasteiger partial charge in [-0.1, -0.05) is 29.8 Å². The molecule has 0 aliphatic carbocycles.